The molecular formula is C25H30Cl3N3O4S. The molecule has 0 heterocycles. The van der Waals surface area contributed by atoms with Gasteiger partial charge in [0, 0.05) is 17.6 Å². The molecule has 1 fully saturated rings. The van der Waals surface area contributed by atoms with Crippen molar-refractivity contribution in [3.05, 3.63) is 62.6 Å². The van der Waals surface area contributed by atoms with E-state index in [0.717, 1.165) is 41.8 Å². The second-order valence-electron chi connectivity index (χ2n) is 9.14. The molecule has 11 heteroatoms. The first kappa shape index (κ1) is 28.6. The van der Waals surface area contributed by atoms with Crippen LogP contribution in [0, 0.1) is 6.92 Å². The summed E-state index contributed by atoms with van der Waals surface area (Å²) in [6.45, 7) is 2.97. The molecule has 1 aliphatic rings. The Morgan fingerprint density at radius 3 is 2.28 bits per heavy atom. The Kier molecular flexibility index (Phi) is 9.55. The lowest BCUT2D eigenvalue weighted by atomic mass is 10.1. The number of sulfonamides is 1. The molecule has 1 N–H and O–H groups in total. The maximum Gasteiger partial charge on any atom is 0.244 e. The van der Waals surface area contributed by atoms with E-state index in [0.29, 0.717) is 20.6 Å². The monoisotopic (exact) mass is 573 g/mol. The SMILES string of the molecule is Cc1ccc(N(CC(=O)N(Cc2ccc(Cl)c(Cl)c2)[C@@H](C)C(=O)NC2CCCC2)S(C)(=O)=O)cc1Cl. The van der Waals surface area contributed by atoms with Gasteiger partial charge in [-0.25, -0.2) is 8.42 Å². The minimum absolute atomic E-state index is 0.0429. The van der Waals surface area contributed by atoms with E-state index in [1.165, 1.54) is 11.0 Å². The van der Waals surface area contributed by atoms with Gasteiger partial charge < -0.3 is 10.2 Å². The predicted octanol–water partition coefficient (Wildman–Crippen LogP) is 5.20. The van der Waals surface area contributed by atoms with E-state index in [1.54, 1.807) is 44.2 Å². The van der Waals surface area contributed by atoms with E-state index < -0.39 is 28.5 Å². The standard InChI is InChI=1S/C25H30Cl3N3O4S/c1-16-8-10-20(13-22(16)27)31(36(3,34)35)15-24(32)30(14-18-9-11-21(26)23(28)12-18)17(2)25(33)29-19-6-4-5-7-19/h8-13,17,19H,4-7,14-15H2,1-3H3,(H,29,33)/t17-/m0/s1. The number of aryl methyl sites for hydroxylation is 1. The average Bonchev–Trinajstić information content (AvgIpc) is 3.31. The number of hydrogen-bond donors (Lipinski definition) is 1. The Morgan fingerprint density at radius 1 is 1.03 bits per heavy atom. The summed E-state index contributed by atoms with van der Waals surface area (Å²) >= 11 is 18.4. The molecule has 1 aliphatic carbocycles. The van der Waals surface area contributed by atoms with Crippen molar-refractivity contribution < 1.29 is 18.0 Å². The van der Waals surface area contributed by atoms with Crippen molar-refractivity contribution in [1.82, 2.24) is 10.2 Å². The smallest absolute Gasteiger partial charge is 0.244 e. The first-order valence-corrected chi connectivity index (χ1v) is 14.6. The predicted molar refractivity (Wildman–Crippen MR) is 145 cm³/mol. The van der Waals surface area contributed by atoms with Crippen LogP contribution in [0.15, 0.2) is 36.4 Å². The average molecular weight is 575 g/mol. The minimum Gasteiger partial charge on any atom is -0.352 e. The zero-order chi connectivity index (χ0) is 26.6. The topological polar surface area (TPSA) is 86.8 Å². The molecule has 196 valence electrons. The third kappa shape index (κ3) is 7.28. The Labute approximate surface area is 227 Å². The molecule has 0 spiro atoms. The Balaban J connectivity index is 1.91. The van der Waals surface area contributed by atoms with Crippen LogP contribution in [0.1, 0.15) is 43.7 Å². The number of benzene rings is 2. The summed E-state index contributed by atoms with van der Waals surface area (Å²) in [6, 6.07) is 8.96. The number of carbonyl (C=O) groups is 2. The van der Waals surface area contributed by atoms with E-state index in [2.05, 4.69) is 5.32 Å². The number of anilines is 1. The highest BCUT2D eigenvalue weighted by molar-refractivity contribution is 7.92. The number of carbonyl (C=O) groups excluding carboxylic acids is 2. The lowest BCUT2D eigenvalue weighted by Crippen LogP contribution is -2.52. The summed E-state index contributed by atoms with van der Waals surface area (Å²) in [5.74, 6) is -0.836. The highest BCUT2D eigenvalue weighted by Crippen LogP contribution is 2.27. The number of hydrogen-bond acceptors (Lipinski definition) is 4. The summed E-state index contributed by atoms with van der Waals surface area (Å²) in [4.78, 5) is 28.1. The van der Waals surface area contributed by atoms with Gasteiger partial charge in [-0.15, -0.1) is 0 Å². The van der Waals surface area contributed by atoms with Gasteiger partial charge in [0.25, 0.3) is 0 Å². The molecule has 0 aromatic heterocycles. The van der Waals surface area contributed by atoms with Crippen molar-refractivity contribution in [3.8, 4) is 0 Å². The molecule has 0 saturated heterocycles. The molecule has 2 aromatic carbocycles. The van der Waals surface area contributed by atoms with Crippen molar-refractivity contribution in [2.75, 3.05) is 17.1 Å². The molecule has 1 atom stereocenters. The fourth-order valence-corrected chi connectivity index (χ4v) is 5.50. The maximum atomic E-state index is 13.6. The Bertz CT molecular complexity index is 1230. The van der Waals surface area contributed by atoms with Gasteiger partial charge in [0.1, 0.15) is 12.6 Å². The molecule has 0 aliphatic heterocycles. The second-order valence-corrected chi connectivity index (χ2v) is 12.3. The summed E-state index contributed by atoms with van der Waals surface area (Å²) in [7, 11) is -3.84. The lowest BCUT2D eigenvalue weighted by Gasteiger charge is -2.32. The largest absolute Gasteiger partial charge is 0.352 e. The van der Waals surface area contributed by atoms with Gasteiger partial charge in [-0.2, -0.15) is 0 Å². The van der Waals surface area contributed by atoms with Gasteiger partial charge in [0.15, 0.2) is 0 Å². The summed E-state index contributed by atoms with van der Waals surface area (Å²) in [6.07, 6.45) is 4.92. The van der Waals surface area contributed by atoms with Crippen LogP contribution in [0.5, 0.6) is 0 Å². The minimum atomic E-state index is -3.84. The molecule has 36 heavy (non-hydrogen) atoms. The highest BCUT2D eigenvalue weighted by Gasteiger charge is 2.31. The van der Waals surface area contributed by atoms with Crippen LogP contribution in [0.25, 0.3) is 0 Å². The number of nitrogens with one attached hydrogen (secondary N) is 1. The fraction of sp³-hybridized carbons (Fsp3) is 0.440. The number of amides is 2. The van der Waals surface area contributed by atoms with Gasteiger partial charge in [0.2, 0.25) is 21.8 Å². The van der Waals surface area contributed by atoms with Crippen LogP contribution >= 0.6 is 34.8 Å². The molecule has 0 radical (unpaired) electrons. The van der Waals surface area contributed by atoms with Gasteiger partial charge >= 0.3 is 0 Å². The molecule has 0 bridgehead atoms. The quantitative estimate of drug-likeness (QED) is 0.446. The third-order valence-corrected chi connectivity index (χ3v) is 8.62. The van der Waals surface area contributed by atoms with Crippen molar-refractivity contribution in [3.63, 3.8) is 0 Å². The van der Waals surface area contributed by atoms with E-state index in [1.807, 2.05) is 0 Å². The zero-order valence-electron chi connectivity index (χ0n) is 20.4. The summed E-state index contributed by atoms with van der Waals surface area (Å²) in [5, 5.41) is 4.08. The van der Waals surface area contributed by atoms with Crippen LogP contribution < -0.4 is 9.62 Å². The van der Waals surface area contributed by atoms with Crippen molar-refractivity contribution in [2.24, 2.45) is 0 Å². The fourth-order valence-electron chi connectivity index (χ4n) is 4.16. The normalized spacial score (nSPS) is 14.9. The number of rotatable bonds is 9. The molecule has 2 aromatic rings. The molecule has 3 rings (SSSR count). The highest BCUT2D eigenvalue weighted by atomic mass is 35.5. The van der Waals surface area contributed by atoms with Gasteiger partial charge in [-0.3, -0.25) is 13.9 Å². The molecule has 0 unspecified atom stereocenters. The van der Waals surface area contributed by atoms with Gasteiger partial charge in [-0.05, 0) is 62.1 Å². The Morgan fingerprint density at radius 2 is 1.69 bits per heavy atom. The number of nitrogens with zero attached hydrogens (tertiary/aromatic N) is 2. The van der Waals surface area contributed by atoms with E-state index >= 15 is 0 Å². The maximum absolute atomic E-state index is 13.6. The molecule has 1 saturated carbocycles. The van der Waals surface area contributed by atoms with Crippen LogP contribution in [0.2, 0.25) is 15.1 Å². The van der Waals surface area contributed by atoms with Crippen LogP contribution in [-0.4, -0.2) is 50.0 Å². The molecule has 7 nitrogen and oxygen atoms in total. The van der Waals surface area contributed by atoms with Crippen LogP contribution in [-0.2, 0) is 26.2 Å². The molecular weight excluding hydrogens is 545 g/mol. The van der Waals surface area contributed by atoms with Crippen molar-refractivity contribution in [2.45, 2.75) is 58.2 Å². The first-order valence-electron chi connectivity index (χ1n) is 11.6. The number of halogens is 3. The second kappa shape index (κ2) is 12.0. The van der Waals surface area contributed by atoms with Gasteiger partial charge in [-0.1, -0.05) is 59.8 Å². The van der Waals surface area contributed by atoms with Crippen LogP contribution in [0.4, 0.5) is 5.69 Å². The van der Waals surface area contributed by atoms with E-state index in [-0.39, 0.29) is 24.2 Å². The third-order valence-electron chi connectivity index (χ3n) is 6.33. The first-order chi connectivity index (χ1) is 16.9. The summed E-state index contributed by atoms with van der Waals surface area (Å²) < 4.78 is 26.3. The zero-order valence-corrected chi connectivity index (χ0v) is 23.5. The van der Waals surface area contributed by atoms with E-state index in [4.69, 9.17) is 34.8 Å². The van der Waals surface area contributed by atoms with Crippen LogP contribution in [0.3, 0.4) is 0 Å². The Hall–Kier alpha value is -2.00. The van der Waals surface area contributed by atoms with Crippen molar-refractivity contribution >= 4 is 62.3 Å². The summed E-state index contributed by atoms with van der Waals surface area (Å²) in [5.41, 5.74) is 1.69. The lowest BCUT2D eigenvalue weighted by molar-refractivity contribution is -0.139. The van der Waals surface area contributed by atoms with Gasteiger partial charge in [0.05, 0.1) is 22.0 Å². The molecule has 2 amide bonds. The van der Waals surface area contributed by atoms with E-state index in [9.17, 15) is 18.0 Å². The van der Waals surface area contributed by atoms with Crippen molar-refractivity contribution in [1.29, 1.82) is 0 Å².